The van der Waals surface area contributed by atoms with E-state index in [0.29, 0.717) is 23.9 Å². The molecule has 0 saturated carbocycles. The van der Waals surface area contributed by atoms with E-state index in [4.69, 9.17) is 0 Å². The van der Waals surface area contributed by atoms with Crippen molar-refractivity contribution in [3.63, 3.8) is 0 Å². The summed E-state index contributed by atoms with van der Waals surface area (Å²) >= 11 is 0. The van der Waals surface area contributed by atoms with Gasteiger partial charge in [-0.3, -0.25) is 4.79 Å². The van der Waals surface area contributed by atoms with E-state index in [1.165, 1.54) is 38.5 Å². The van der Waals surface area contributed by atoms with Crippen LogP contribution in [0.15, 0.2) is 24.3 Å². The van der Waals surface area contributed by atoms with Crippen molar-refractivity contribution in [3.05, 3.63) is 29.8 Å². The molecule has 0 saturated heterocycles. The number of phenolic OH excluding ortho intramolecular Hbond substituents is 1. The summed E-state index contributed by atoms with van der Waals surface area (Å²) in [6, 6.07) is 7.49. The zero-order valence-electron chi connectivity index (χ0n) is 15.9. The Morgan fingerprint density at radius 1 is 1.00 bits per heavy atom. The maximum absolute atomic E-state index is 12.5. The highest BCUT2D eigenvalue weighted by Gasteiger charge is 2.25. The van der Waals surface area contributed by atoms with E-state index in [2.05, 4.69) is 19.9 Å². The minimum absolute atomic E-state index is 0.227. The number of Topliss-reactive ketones (excluding diaryl/α,β-unsaturated/α-hetero) is 1. The third-order valence-corrected chi connectivity index (χ3v) is 5.08. The fraction of sp³-hybridized carbons (Fsp3) is 0.682. The topological polar surface area (TPSA) is 37.3 Å². The minimum Gasteiger partial charge on any atom is -0.508 e. The Morgan fingerprint density at radius 2 is 1.67 bits per heavy atom. The molecule has 0 aromatic heterocycles. The first-order valence-electron chi connectivity index (χ1n) is 9.92. The molecule has 2 nitrogen and oxygen atoms in total. The summed E-state index contributed by atoms with van der Waals surface area (Å²) in [6.45, 7) is 6.46. The Bertz CT molecular complexity index is 459. The Morgan fingerprint density at radius 3 is 2.21 bits per heavy atom. The van der Waals surface area contributed by atoms with Gasteiger partial charge in [-0.2, -0.15) is 0 Å². The van der Waals surface area contributed by atoms with Crippen molar-refractivity contribution in [3.8, 4) is 5.75 Å². The average molecular weight is 333 g/mol. The summed E-state index contributed by atoms with van der Waals surface area (Å²) in [7, 11) is 0. The lowest BCUT2D eigenvalue weighted by Gasteiger charge is -2.26. The number of aryl methyl sites for hydroxylation is 1. The summed E-state index contributed by atoms with van der Waals surface area (Å²) in [6.07, 6.45) is 10.9. The molecule has 1 unspecified atom stereocenters. The van der Waals surface area contributed by atoms with Crippen molar-refractivity contribution in [1.29, 1.82) is 0 Å². The van der Waals surface area contributed by atoms with E-state index in [9.17, 15) is 9.90 Å². The van der Waals surface area contributed by atoms with E-state index in [-0.39, 0.29) is 5.92 Å². The maximum Gasteiger partial charge on any atom is 0.135 e. The van der Waals surface area contributed by atoms with Crippen molar-refractivity contribution in [2.75, 3.05) is 0 Å². The number of unbranched alkanes of at least 4 members (excludes halogenated alkanes) is 2. The third-order valence-electron chi connectivity index (χ3n) is 5.08. The third kappa shape index (κ3) is 7.51. The molecule has 1 aromatic rings. The first kappa shape index (κ1) is 20.7. The van der Waals surface area contributed by atoms with Crippen LogP contribution in [0.2, 0.25) is 0 Å². The van der Waals surface area contributed by atoms with Gasteiger partial charge in [-0.1, -0.05) is 58.6 Å². The fourth-order valence-electron chi connectivity index (χ4n) is 3.64. The van der Waals surface area contributed by atoms with E-state index < -0.39 is 0 Å². The number of benzene rings is 1. The van der Waals surface area contributed by atoms with Crippen LogP contribution in [0.1, 0.15) is 84.1 Å². The molecule has 0 aliphatic carbocycles. The molecule has 1 rings (SSSR count). The lowest BCUT2D eigenvalue weighted by atomic mass is 9.78. The van der Waals surface area contributed by atoms with Crippen molar-refractivity contribution >= 4 is 5.78 Å². The molecule has 0 aliphatic heterocycles. The SMILES string of the molecule is CCCCC(CCCC)C(CCCc1cccc(O)c1)C(=O)CC. The predicted molar refractivity (Wildman–Crippen MR) is 102 cm³/mol. The lowest BCUT2D eigenvalue weighted by Crippen LogP contribution is -2.24. The second kappa shape index (κ2) is 12.1. The largest absolute Gasteiger partial charge is 0.508 e. The van der Waals surface area contributed by atoms with Gasteiger partial charge < -0.3 is 5.11 Å². The second-order valence-electron chi connectivity index (χ2n) is 7.03. The zero-order valence-corrected chi connectivity index (χ0v) is 15.9. The number of aromatic hydroxyl groups is 1. The number of hydrogen-bond donors (Lipinski definition) is 1. The van der Waals surface area contributed by atoms with Crippen molar-refractivity contribution < 1.29 is 9.90 Å². The van der Waals surface area contributed by atoms with Gasteiger partial charge in [0, 0.05) is 12.3 Å². The number of rotatable bonds is 13. The van der Waals surface area contributed by atoms with Gasteiger partial charge in [0.1, 0.15) is 11.5 Å². The Kier molecular flexibility index (Phi) is 10.5. The predicted octanol–water partition coefficient (Wildman–Crippen LogP) is 6.31. The Labute approximate surface area is 148 Å². The highest BCUT2D eigenvalue weighted by atomic mass is 16.3. The first-order valence-corrected chi connectivity index (χ1v) is 9.92. The van der Waals surface area contributed by atoms with E-state index in [0.717, 1.165) is 24.8 Å². The maximum atomic E-state index is 12.5. The van der Waals surface area contributed by atoms with Crippen LogP contribution < -0.4 is 0 Å². The zero-order chi connectivity index (χ0) is 17.8. The second-order valence-corrected chi connectivity index (χ2v) is 7.03. The molecule has 0 amide bonds. The van der Waals surface area contributed by atoms with E-state index in [1.807, 2.05) is 19.1 Å². The van der Waals surface area contributed by atoms with Gasteiger partial charge in [0.2, 0.25) is 0 Å². The number of phenols is 1. The van der Waals surface area contributed by atoms with Crippen LogP contribution in [0.5, 0.6) is 5.75 Å². The van der Waals surface area contributed by atoms with Crippen LogP contribution in [-0.4, -0.2) is 10.9 Å². The molecule has 1 aromatic carbocycles. The van der Waals surface area contributed by atoms with Crippen LogP contribution >= 0.6 is 0 Å². The summed E-state index contributed by atoms with van der Waals surface area (Å²) in [5.41, 5.74) is 1.16. The monoisotopic (exact) mass is 332 g/mol. The minimum atomic E-state index is 0.227. The van der Waals surface area contributed by atoms with Crippen LogP contribution in [0, 0.1) is 11.8 Å². The summed E-state index contributed by atoms with van der Waals surface area (Å²) < 4.78 is 0. The molecule has 1 N–H and O–H groups in total. The van der Waals surface area contributed by atoms with Crippen LogP contribution in [0.25, 0.3) is 0 Å². The number of hydrogen-bond acceptors (Lipinski definition) is 2. The van der Waals surface area contributed by atoms with Crippen molar-refractivity contribution in [2.45, 2.75) is 85.0 Å². The van der Waals surface area contributed by atoms with Gasteiger partial charge in [0.15, 0.2) is 0 Å². The number of ketones is 1. The highest BCUT2D eigenvalue weighted by molar-refractivity contribution is 5.80. The van der Waals surface area contributed by atoms with Crippen LogP contribution in [0.4, 0.5) is 0 Å². The summed E-state index contributed by atoms with van der Waals surface area (Å²) in [4.78, 5) is 12.5. The normalized spacial score (nSPS) is 12.5. The fourth-order valence-corrected chi connectivity index (χ4v) is 3.64. The Balaban J connectivity index is 2.65. The van der Waals surface area contributed by atoms with Gasteiger partial charge in [0.25, 0.3) is 0 Å². The van der Waals surface area contributed by atoms with Crippen LogP contribution in [0.3, 0.4) is 0 Å². The van der Waals surface area contributed by atoms with Gasteiger partial charge in [-0.15, -0.1) is 0 Å². The van der Waals surface area contributed by atoms with Crippen molar-refractivity contribution in [1.82, 2.24) is 0 Å². The smallest absolute Gasteiger partial charge is 0.135 e. The molecule has 0 heterocycles. The Hall–Kier alpha value is -1.31. The molecular weight excluding hydrogens is 296 g/mol. The highest BCUT2D eigenvalue weighted by Crippen LogP contribution is 2.30. The van der Waals surface area contributed by atoms with Gasteiger partial charge in [-0.05, 0) is 55.7 Å². The van der Waals surface area contributed by atoms with Gasteiger partial charge >= 0.3 is 0 Å². The average Bonchev–Trinajstić information content (AvgIpc) is 2.59. The quantitative estimate of drug-likeness (QED) is 0.460. The lowest BCUT2D eigenvalue weighted by molar-refractivity contribution is -0.124. The standard InChI is InChI=1S/C22H36O2/c1-4-7-13-19(14-8-5-2)21(22(24)6-3)16-10-12-18-11-9-15-20(23)17-18/h9,11,15,17,19,21,23H,4-8,10,12-14,16H2,1-3H3. The molecule has 0 aliphatic rings. The molecule has 2 heteroatoms. The summed E-state index contributed by atoms with van der Waals surface area (Å²) in [5.74, 6) is 1.56. The molecule has 0 radical (unpaired) electrons. The molecule has 0 fully saturated rings. The van der Waals surface area contributed by atoms with E-state index >= 15 is 0 Å². The molecule has 0 spiro atoms. The van der Waals surface area contributed by atoms with Gasteiger partial charge in [0.05, 0.1) is 0 Å². The van der Waals surface area contributed by atoms with Gasteiger partial charge in [-0.25, -0.2) is 0 Å². The molecule has 136 valence electrons. The molecular formula is C22H36O2. The molecule has 1 atom stereocenters. The summed E-state index contributed by atoms with van der Waals surface area (Å²) in [5, 5.41) is 9.58. The van der Waals surface area contributed by atoms with E-state index in [1.54, 1.807) is 6.07 Å². The molecule has 0 bridgehead atoms. The van der Waals surface area contributed by atoms with Crippen LogP contribution in [-0.2, 0) is 11.2 Å². The molecule has 24 heavy (non-hydrogen) atoms. The number of carbonyl (C=O) groups excluding carboxylic acids is 1. The first-order chi connectivity index (χ1) is 11.6. The number of carbonyl (C=O) groups is 1. The van der Waals surface area contributed by atoms with Crippen molar-refractivity contribution in [2.24, 2.45) is 11.8 Å².